The lowest BCUT2D eigenvalue weighted by molar-refractivity contribution is -0.143. The summed E-state index contributed by atoms with van der Waals surface area (Å²) in [7, 11) is 0. The Bertz CT molecular complexity index is 1300. The first-order valence-corrected chi connectivity index (χ1v) is 40.0. The first-order valence-electron chi connectivity index (χ1n) is 40.0. The number of rotatable bonds is 76. The average molecular weight is 1210 g/mol. The Morgan fingerprint density at radius 1 is 0.314 bits per heavy atom. The summed E-state index contributed by atoms with van der Waals surface area (Å²) in [5, 5.41) is 23.1. The average Bonchev–Trinajstić information content (AvgIpc) is 3.59. The topological polar surface area (TPSA) is 95.9 Å². The number of unbranched alkanes of at least 4 members (excludes halogenated alkanes) is 65. The molecule has 86 heavy (non-hydrogen) atoms. The van der Waals surface area contributed by atoms with Crippen LogP contribution in [0.2, 0.25) is 0 Å². The minimum absolute atomic E-state index is 0.0298. The molecule has 0 radical (unpaired) electrons. The van der Waals surface area contributed by atoms with E-state index in [1.165, 1.54) is 398 Å². The molecular weight excluding hydrogens is 1050 g/mol. The number of aliphatic hydroxyl groups excluding tert-OH is 2. The van der Waals surface area contributed by atoms with Gasteiger partial charge in [0, 0.05) is 12.8 Å². The van der Waals surface area contributed by atoms with Crippen molar-refractivity contribution in [3.63, 3.8) is 0 Å². The van der Waals surface area contributed by atoms with Crippen molar-refractivity contribution in [2.75, 3.05) is 13.2 Å². The van der Waals surface area contributed by atoms with Crippen molar-refractivity contribution >= 4 is 11.9 Å². The van der Waals surface area contributed by atoms with Gasteiger partial charge in [-0.2, -0.15) is 0 Å². The highest BCUT2D eigenvalue weighted by Gasteiger charge is 2.18. The van der Waals surface area contributed by atoms with E-state index in [9.17, 15) is 19.8 Å². The van der Waals surface area contributed by atoms with Crippen molar-refractivity contribution in [3.8, 4) is 0 Å². The van der Waals surface area contributed by atoms with Crippen LogP contribution in [0.5, 0.6) is 0 Å². The van der Waals surface area contributed by atoms with Crippen LogP contribution in [0.1, 0.15) is 463 Å². The molecule has 0 aromatic heterocycles. The number of ether oxygens (including phenoxy) is 1. The highest BCUT2D eigenvalue weighted by Crippen LogP contribution is 2.20. The summed E-state index contributed by atoms with van der Waals surface area (Å²) in [6, 6.07) is -0.621. The zero-order valence-electron chi connectivity index (χ0n) is 58.8. The van der Waals surface area contributed by atoms with E-state index in [0.29, 0.717) is 19.4 Å². The van der Waals surface area contributed by atoms with Gasteiger partial charge in [0.15, 0.2) is 0 Å². The molecule has 0 saturated carbocycles. The smallest absolute Gasteiger partial charge is 0.305 e. The van der Waals surface area contributed by atoms with Gasteiger partial charge in [-0.15, -0.1) is 0 Å². The largest absolute Gasteiger partial charge is 0.466 e. The first-order chi connectivity index (χ1) is 42.5. The molecule has 3 N–H and O–H groups in total. The number of esters is 1. The van der Waals surface area contributed by atoms with Gasteiger partial charge in [0.25, 0.3) is 0 Å². The molecule has 0 bridgehead atoms. The number of carbonyl (C=O) groups is 2. The molecule has 0 aromatic carbocycles. The predicted octanol–water partition coefficient (Wildman–Crippen LogP) is 26.3. The van der Waals surface area contributed by atoms with Crippen LogP contribution in [0.15, 0.2) is 12.2 Å². The fraction of sp³-hybridized carbons (Fsp3) is 0.950. The maximum atomic E-state index is 12.5. The SMILES string of the molecule is CCCCCCCCCCC/C=C/C(O)C(CO)NC(=O)CCCCCCCCCCCCCCCCCCCCCCCCCCCCCCCCCCCCCCCCCOC(=O)CCCCCCCCCCCCCCCCCCCCC. The van der Waals surface area contributed by atoms with E-state index in [1.807, 2.05) is 6.08 Å². The molecule has 0 aliphatic heterocycles. The molecule has 0 rings (SSSR count). The molecule has 2 unspecified atom stereocenters. The van der Waals surface area contributed by atoms with Gasteiger partial charge in [0.2, 0.25) is 5.91 Å². The van der Waals surface area contributed by atoms with Crippen LogP contribution in [-0.4, -0.2) is 47.4 Å². The van der Waals surface area contributed by atoms with Crippen molar-refractivity contribution in [2.45, 2.75) is 475 Å². The fourth-order valence-electron chi connectivity index (χ4n) is 13.0. The summed E-state index contributed by atoms with van der Waals surface area (Å²) in [5.41, 5.74) is 0. The van der Waals surface area contributed by atoms with Crippen molar-refractivity contribution in [2.24, 2.45) is 0 Å². The van der Waals surface area contributed by atoms with Gasteiger partial charge >= 0.3 is 5.97 Å². The summed E-state index contributed by atoms with van der Waals surface area (Å²) >= 11 is 0. The number of hydrogen-bond donors (Lipinski definition) is 3. The summed E-state index contributed by atoms with van der Waals surface area (Å²) in [6.45, 7) is 4.94. The number of nitrogens with one attached hydrogen (secondary N) is 1. The quantitative estimate of drug-likeness (QED) is 0.0320. The van der Waals surface area contributed by atoms with Gasteiger partial charge in [-0.05, 0) is 32.1 Å². The van der Waals surface area contributed by atoms with Crippen LogP contribution in [-0.2, 0) is 14.3 Å². The van der Waals surface area contributed by atoms with Gasteiger partial charge in [-0.3, -0.25) is 9.59 Å². The van der Waals surface area contributed by atoms with Gasteiger partial charge in [-0.1, -0.05) is 431 Å². The molecule has 6 heteroatoms. The first kappa shape index (κ1) is 84.6. The Hall–Kier alpha value is -1.40. The molecule has 1 amide bonds. The minimum atomic E-state index is -0.838. The molecule has 0 spiro atoms. The normalized spacial score (nSPS) is 12.5. The third kappa shape index (κ3) is 71.7. The number of amides is 1. The van der Waals surface area contributed by atoms with E-state index in [-0.39, 0.29) is 18.5 Å². The lowest BCUT2D eigenvalue weighted by atomic mass is 10.0. The molecule has 0 aromatic rings. The second-order valence-corrected chi connectivity index (χ2v) is 27.8. The molecule has 6 nitrogen and oxygen atoms in total. The van der Waals surface area contributed by atoms with E-state index in [4.69, 9.17) is 4.74 Å². The monoisotopic (exact) mass is 1210 g/mol. The predicted molar refractivity (Wildman–Crippen MR) is 380 cm³/mol. The molecule has 0 fully saturated rings. The molecule has 0 aliphatic carbocycles. The van der Waals surface area contributed by atoms with Gasteiger partial charge in [0.1, 0.15) is 0 Å². The Balaban J connectivity index is 3.26. The molecule has 512 valence electrons. The van der Waals surface area contributed by atoms with Crippen LogP contribution < -0.4 is 5.32 Å². The van der Waals surface area contributed by atoms with Crippen molar-refractivity contribution in [3.05, 3.63) is 12.2 Å². The molecule has 2 atom stereocenters. The highest BCUT2D eigenvalue weighted by molar-refractivity contribution is 5.76. The molecule has 0 aliphatic rings. The Morgan fingerprint density at radius 2 is 0.535 bits per heavy atom. The summed E-state index contributed by atoms with van der Waals surface area (Å²) in [6.07, 6.45) is 96.5. The highest BCUT2D eigenvalue weighted by atomic mass is 16.5. The van der Waals surface area contributed by atoms with Crippen molar-refractivity contribution in [1.29, 1.82) is 0 Å². The second kappa shape index (κ2) is 76.1. The zero-order chi connectivity index (χ0) is 62.0. The van der Waals surface area contributed by atoms with Crippen LogP contribution in [0.25, 0.3) is 0 Å². The van der Waals surface area contributed by atoms with Crippen molar-refractivity contribution < 1.29 is 24.5 Å². The lowest BCUT2D eigenvalue weighted by Crippen LogP contribution is -2.45. The summed E-state index contributed by atoms with van der Waals surface area (Å²) in [4.78, 5) is 24.6. The van der Waals surface area contributed by atoms with E-state index in [1.54, 1.807) is 6.08 Å². The van der Waals surface area contributed by atoms with Crippen molar-refractivity contribution in [1.82, 2.24) is 5.32 Å². The van der Waals surface area contributed by atoms with Crippen LogP contribution in [0, 0.1) is 0 Å². The number of allylic oxidation sites excluding steroid dienone is 1. The third-order valence-electron chi connectivity index (χ3n) is 19.1. The Morgan fingerprint density at radius 3 is 0.791 bits per heavy atom. The molecule has 0 saturated heterocycles. The summed E-state index contributed by atoms with van der Waals surface area (Å²) in [5.74, 6) is -0.0308. The maximum absolute atomic E-state index is 12.5. The van der Waals surface area contributed by atoms with Crippen LogP contribution >= 0.6 is 0 Å². The number of hydrogen-bond acceptors (Lipinski definition) is 5. The number of carbonyl (C=O) groups excluding carboxylic acids is 2. The molecule has 0 heterocycles. The van der Waals surface area contributed by atoms with Gasteiger partial charge in [0.05, 0.1) is 25.4 Å². The summed E-state index contributed by atoms with van der Waals surface area (Å²) < 4.78 is 5.53. The van der Waals surface area contributed by atoms with E-state index >= 15 is 0 Å². The van der Waals surface area contributed by atoms with Gasteiger partial charge in [-0.25, -0.2) is 0 Å². The maximum Gasteiger partial charge on any atom is 0.305 e. The number of aliphatic hydroxyl groups is 2. The zero-order valence-corrected chi connectivity index (χ0v) is 58.8. The standard InChI is InChI=1S/C80H157NO5/c1-3-5-7-9-11-13-15-16-17-18-40-44-47-50-54-58-62-66-70-74-80(85)86-75-71-67-63-59-55-51-48-45-42-39-37-35-33-31-29-27-25-23-21-19-20-22-24-26-28-30-32-34-36-38-41-43-46-49-53-57-61-65-69-73-79(84)81-77(76-82)78(83)72-68-64-60-56-52-14-12-10-8-6-4-2/h68,72,77-78,82-83H,3-67,69-71,73-76H2,1-2H3,(H,81,84)/b72-68+. The molecular formula is C80H157NO5. The second-order valence-electron chi connectivity index (χ2n) is 27.8. The van der Waals surface area contributed by atoms with Gasteiger partial charge < -0.3 is 20.3 Å². The minimum Gasteiger partial charge on any atom is -0.466 e. The lowest BCUT2D eigenvalue weighted by Gasteiger charge is -2.20. The van der Waals surface area contributed by atoms with E-state index in [0.717, 1.165) is 38.5 Å². The van der Waals surface area contributed by atoms with Crippen LogP contribution in [0.4, 0.5) is 0 Å². The van der Waals surface area contributed by atoms with E-state index < -0.39 is 12.1 Å². The third-order valence-corrected chi connectivity index (χ3v) is 19.1. The van der Waals surface area contributed by atoms with Crippen LogP contribution in [0.3, 0.4) is 0 Å². The Labute approximate surface area is 539 Å². The van der Waals surface area contributed by atoms with E-state index in [2.05, 4.69) is 19.2 Å². The Kier molecular flexibility index (Phi) is 74.8. The fourth-order valence-corrected chi connectivity index (χ4v) is 13.0.